The van der Waals surface area contributed by atoms with E-state index in [1.807, 2.05) is 30.0 Å². The minimum Gasteiger partial charge on any atom is -0.342 e. The molecular weight excluding hydrogens is 356 g/mol. The summed E-state index contributed by atoms with van der Waals surface area (Å²) < 4.78 is 1.80. The summed E-state index contributed by atoms with van der Waals surface area (Å²) in [5.74, 6) is 0.330. The zero-order valence-corrected chi connectivity index (χ0v) is 16.2. The quantitative estimate of drug-likeness (QED) is 0.884. The lowest BCUT2D eigenvalue weighted by Crippen LogP contribution is -2.45. The molecule has 0 bridgehead atoms. The van der Waals surface area contributed by atoms with Crippen LogP contribution in [0.2, 0.25) is 0 Å². The molecule has 0 radical (unpaired) electrons. The molecule has 2 fully saturated rings. The number of benzene rings is 1. The Balaban J connectivity index is 1.36. The first kappa shape index (κ1) is 18.5. The Labute approximate surface area is 164 Å². The first-order valence-electron chi connectivity index (χ1n) is 9.92. The van der Waals surface area contributed by atoms with E-state index in [1.165, 1.54) is 0 Å². The van der Waals surface area contributed by atoms with Gasteiger partial charge >= 0.3 is 6.03 Å². The molecule has 0 aliphatic carbocycles. The SMILES string of the molecule is Cc1ccc(-n2cnnc2)cc1NC(=O)N1CCC(C(=O)N2CCCC2)CC1. The van der Waals surface area contributed by atoms with Gasteiger partial charge in [-0.15, -0.1) is 10.2 Å². The van der Waals surface area contributed by atoms with E-state index in [2.05, 4.69) is 15.5 Å². The van der Waals surface area contributed by atoms with Crippen LogP contribution < -0.4 is 5.32 Å². The van der Waals surface area contributed by atoms with Crippen LogP contribution in [0, 0.1) is 12.8 Å². The minimum atomic E-state index is -0.115. The van der Waals surface area contributed by atoms with Gasteiger partial charge in [-0.25, -0.2) is 4.79 Å². The highest BCUT2D eigenvalue weighted by Gasteiger charge is 2.31. The minimum absolute atomic E-state index is 0.0564. The van der Waals surface area contributed by atoms with Gasteiger partial charge in [0.1, 0.15) is 12.7 Å². The zero-order chi connectivity index (χ0) is 19.5. The van der Waals surface area contributed by atoms with Crippen molar-refractivity contribution in [2.45, 2.75) is 32.6 Å². The van der Waals surface area contributed by atoms with Gasteiger partial charge in [0.2, 0.25) is 5.91 Å². The van der Waals surface area contributed by atoms with Crippen LogP contribution in [0.4, 0.5) is 10.5 Å². The van der Waals surface area contributed by atoms with E-state index in [-0.39, 0.29) is 17.9 Å². The maximum Gasteiger partial charge on any atom is 0.321 e. The molecule has 2 aliphatic rings. The Morgan fingerprint density at radius 3 is 2.36 bits per heavy atom. The van der Waals surface area contributed by atoms with Crippen molar-refractivity contribution in [3.63, 3.8) is 0 Å². The average Bonchev–Trinajstić information content (AvgIpc) is 3.43. The van der Waals surface area contributed by atoms with Crippen molar-refractivity contribution in [3.8, 4) is 5.69 Å². The number of anilines is 1. The number of piperidine rings is 1. The van der Waals surface area contributed by atoms with Gasteiger partial charge in [-0.3, -0.25) is 9.36 Å². The third kappa shape index (κ3) is 3.85. The molecule has 1 aromatic carbocycles. The molecule has 1 aromatic heterocycles. The van der Waals surface area contributed by atoms with Crippen LogP contribution in [0.1, 0.15) is 31.2 Å². The van der Waals surface area contributed by atoms with Crippen LogP contribution >= 0.6 is 0 Å². The number of carbonyl (C=O) groups is 2. The molecule has 2 aliphatic heterocycles. The van der Waals surface area contributed by atoms with Gasteiger partial charge in [-0.1, -0.05) is 6.07 Å². The number of carbonyl (C=O) groups excluding carboxylic acids is 2. The van der Waals surface area contributed by atoms with Crippen molar-refractivity contribution in [3.05, 3.63) is 36.4 Å². The lowest BCUT2D eigenvalue weighted by Gasteiger charge is -2.33. The summed E-state index contributed by atoms with van der Waals surface area (Å²) in [6, 6.07) is 5.73. The molecule has 0 unspecified atom stereocenters. The Hall–Kier alpha value is -2.90. The summed E-state index contributed by atoms with van der Waals surface area (Å²) in [5, 5.41) is 10.7. The van der Waals surface area contributed by atoms with Crippen molar-refractivity contribution in [2.24, 2.45) is 5.92 Å². The summed E-state index contributed by atoms with van der Waals surface area (Å²) in [6.45, 7) is 4.97. The van der Waals surface area contributed by atoms with Crippen molar-refractivity contribution >= 4 is 17.6 Å². The van der Waals surface area contributed by atoms with Gasteiger partial charge < -0.3 is 15.1 Å². The summed E-state index contributed by atoms with van der Waals surface area (Å²) >= 11 is 0. The molecule has 0 spiro atoms. The highest BCUT2D eigenvalue weighted by atomic mass is 16.2. The fraction of sp³-hybridized carbons (Fsp3) is 0.500. The van der Waals surface area contributed by atoms with Crippen LogP contribution in [0.3, 0.4) is 0 Å². The standard InChI is InChI=1S/C20H26N6O2/c1-15-4-5-17(26-13-21-22-14-26)12-18(15)23-20(28)25-10-6-16(7-11-25)19(27)24-8-2-3-9-24/h4-5,12-14,16H,2-3,6-11H2,1H3,(H,23,28). The molecule has 0 saturated carbocycles. The number of likely N-dealkylation sites (tertiary alicyclic amines) is 2. The number of rotatable bonds is 3. The van der Waals surface area contributed by atoms with Gasteiger partial charge in [-0.05, 0) is 50.3 Å². The largest absolute Gasteiger partial charge is 0.342 e. The normalized spacial score (nSPS) is 17.8. The summed E-state index contributed by atoms with van der Waals surface area (Å²) in [4.78, 5) is 29.1. The van der Waals surface area contributed by atoms with Crippen LogP contribution in [0.15, 0.2) is 30.9 Å². The number of urea groups is 1. The summed E-state index contributed by atoms with van der Waals surface area (Å²) in [5.41, 5.74) is 2.65. The molecule has 3 heterocycles. The van der Waals surface area contributed by atoms with Gasteiger partial charge in [0.25, 0.3) is 0 Å². The Morgan fingerprint density at radius 2 is 1.68 bits per heavy atom. The van der Waals surface area contributed by atoms with Gasteiger partial charge in [0.15, 0.2) is 0 Å². The fourth-order valence-electron chi connectivity index (χ4n) is 3.96. The van der Waals surface area contributed by atoms with Gasteiger partial charge in [0, 0.05) is 37.8 Å². The molecule has 3 amide bonds. The summed E-state index contributed by atoms with van der Waals surface area (Å²) in [6.07, 6.45) is 6.95. The monoisotopic (exact) mass is 382 g/mol. The van der Waals surface area contributed by atoms with Crippen LogP contribution in [-0.4, -0.2) is 62.7 Å². The van der Waals surface area contributed by atoms with Gasteiger partial charge in [-0.2, -0.15) is 0 Å². The lowest BCUT2D eigenvalue weighted by molar-refractivity contribution is -0.135. The Morgan fingerprint density at radius 1 is 1.00 bits per heavy atom. The lowest BCUT2D eigenvalue weighted by atomic mass is 9.95. The third-order valence-electron chi connectivity index (χ3n) is 5.73. The number of hydrogen-bond donors (Lipinski definition) is 1. The predicted molar refractivity (Wildman–Crippen MR) is 105 cm³/mol. The van der Waals surface area contributed by atoms with E-state index < -0.39 is 0 Å². The van der Waals surface area contributed by atoms with E-state index in [0.717, 1.165) is 55.7 Å². The topological polar surface area (TPSA) is 83.4 Å². The van der Waals surface area contributed by atoms with Crippen LogP contribution in [0.5, 0.6) is 0 Å². The van der Waals surface area contributed by atoms with Crippen LogP contribution in [0.25, 0.3) is 5.69 Å². The Kier molecular flexibility index (Phi) is 5.27. The van der Waals surface area contributed by atoms with E-state index in [9.17, 15) is 9.59 Å². The van der Waals surface area contributed by atoms with Gasteiger partial charge in [0.05, 0.1) is 5.69 Å². The predicted octanol–water partition coefficient (Wildman–Crippen LogP) is 2.44. The fourth-order valence-corrected chi connectivity index (χ4v) is 3.96. The molecule has 28 heavy (non-hydrogen) atoms. The first-order valence-corrected chi connectivity index (χ1v) is 9.92. The second-order valence-electron chi connectivity index (χ2n) is 7.59. The number of aryl methyl sites for hydroxylation is 1. The first-order chi connectivity index (χ1) is 13.6. The van der Waals surface area contributed by atoms with Crippen molar-refractivity contribution in [2.75, 3.05) is 31.5 Å². The number of nitrogens with one attached hydrogen (secondary N) is 1. The van der Waals surface area contributed by atoms with E-state index >= 15 is 0 Å². The van der Waals surface area contributed by atoms with Crippen molar-refractivity contribution in [1.29, 1.82) is 0 Å². The average molecular weight is 382 g/mol. The van der Waals surface area contributed by atoms with E-state index in [4.69, 9.17) is 0 Å². The van der Waals surface area contributed by atoms with Crippen molar-refractivity contribution < 1.29 is 9.59 Å². The molecule has 0 atom stereocenters. The smallest absolute Gasteiger partial charge is 0.321 e. The molecule has 2 aromatic rings. The third-order valence-corrected chi connectivity index (χ3v) is 5.73. The second-order valence-corrected chi connectivity index (χ2v) is 7.59. The number of aromatic nitrogens is 3. The Bertz CT molecular complexity index is 836. The van der Waals surface area contributed by atoms with E-state index in [0.29, 0.717) is 13.1 Å². The summed E-state index contributed by atoms with van der Waals surface area (Å²) in [7, 11) is 0. The molecule has 4 rings (SSSR count). The number of hydrogen-bond acceptors (Lipinski definition) is 4. The van der Waals surface area contributed by atoms with Crippen LogP contribution in [-0.2, 0) is 4.79 Å². The highest BCUT2D eigenvalue weighted by Crippen LogP contribution is 2.24. The molecule has 1 N–H and O–H groups in total. The molecular formula is C20H26N6O2. The van der Waals surface area contributed by atoms with Crippen molar-refractivity contribution in [1.82, 2.24) is 24.6 Å². The number of nitrogens with zero attached hydrogens (tertiary/aromatic N) is 5. The van der Waals surface area contributed by atoms with E-state index in [1.54, 1.807) is 22.1 Å². The molecule has 8 heteroatoms. The number of amides is 3. The highest BCUT2D eigenvalue weighted by molar-refractivity contribution is 5.90. The zero-order valence-electron chi connectivity index (χ0n) is 16.2. The molecule has 148 valence electrons. The second kappa shape index (κ2) is 8.00. The molecule has 2 saturated heterocycles. The maximum atomic E-state index is 12.7. The maximum absolute atomic E-state index is 12.7. The molecule has 8 nitrogen and oxygen atoms in total.